The Labute approximate surface area is 135 Å². The number of hydrogen-bond acceptors (Lipinski definition) is 4. The van der Waals surface area contributed by atoms with Gasteiger partial charge in [0.05, 0.1) is 7.11 Å². The lowest BCUT2D eigenvalue weighted by molar-refractivity contribution is -0.131. The summed E-state index contributed by atoms with van der Waals surface area (Å²) in [5, 5.41) is 3.09. The molecular formula is C17H23FN2O3. The van der Waals surface area contributed by atoms with Crippen LogP contribution in [0.3, 0.4) is 0 Å². The predicted molar refractivity (Wildman–Crippen MR) is 85.2 cm³/mol. The van der Waals surface area contributed by atoms with E-state index in [2.05, 4.69) is 5.32 Å². The molecule has 1 N–H and O–H groups in total. The fourth-order valence-electron chi connectivity index (χ4n) is 2.96. The van der Waals surface area contributed by atoms with E-state index in [0.29, 0.717) is 0 Å². The number of carbonyl (C=O) groups excluding carboxylic acids is 2. The standard InChI is InChI=1S/C17H23FN2O3/c1-19-11-13-4-3-9-20(13)17(22)8-6-15(21)12-5-7-16(23-2)14(18)10-12/h5,7,10,13,19H,3-4,6,8-9,11H2,1-2H3. The van der Waals surface area contributed by atoms with Gasteiger partial charge in [0.1, 0.15) is 0 Å². The molecule has 2 rings (SSSR count). The lowest BCUT2D eigenvalue weighted by atomic mass is 10.1. The minimum absolute atomic E-state index is 0.00918. The third-order valence-corrected chi connectivity index (χ3v) is 4.18. The SMILES string of the molecule is CNCC1CCCN1C(=O)CCC(=O)c1ccc(OC)c(F)c1. The molecule has 1 aliphatic heterocycles. The number of hydrogen-bond donors (Lipinski definition) is 1. The zero-order chi connectivity index (χ0) is 16.8. The molecule has 1 saturated heterocycles. The summed E-state index contributed by atoms with van der Waals surface area (Å²) in [6.45, 7) is 1.51. The van der Waals surface area contributed by atoms with Gasteiger partial charge in [-0.05, 0) is 38.1 Å². The Hall–Kier alpha value is -1.95. The highest BCUT2D eigenvalue weighted by atomic mass is 19.1. The quantitative estimate of drug-likeness (QED) is 0.780. The Balaban J connectivity index is 1.91. The van der Waals surface area contributed by atoms with Crippen LogP contribution in [-0.4, -0.2) is 49.9 Å². The molecule has 126 valence electrons. The number of benzene rings is 1. The van der Waals surface area contributed by atoms with Crippen LogP contribution >= 0.6 is 0 Å². The smallest absolute Gasteiger partial charge is 0.223 e. The van der Waals surface area contributed by atoms with E-state index in [1.807, 2.05) is 11.9 Å². The number of ketones is 1. The van der Waals surface area contributed by atoms with Crippen LogP contribution in [0.2, 0.25) is 0 Å². The van der Waals surface area contributed by atoms with Crippen molar-refractivity contribution in [3.05, 3.63) is 29.6 Å². The van der Waals surface area contributed by atoms with Gasteiger partial charge >= 0.3 is 0 Å². The number of likely N-dealkylation sites (tertiary alicyclic amines) is 1. The average Bonchev–Trinajstić information content (AvgIpc) is 3.01. The van der Waals surface area contributed by atoms with Gasteiger partial charge < -0.3 is 15.0 Å². The Kier molecular flexibility index (Phi) is 6.10. The summed E-state index contributed by atoms with van der Waals surface area (Å²) in [5.41, 5.74) is 0.268. The molecule has 1 heterocycles. The van der Waals surface area contributed by atoms with Gasteiger partial charge in [-0.25, -0.2) is 4.39 Å². The lowest BCUT2D eigenvalue weighted by Gasteiger charge is -2.24. The molecule has 1 fully saturated rings. The Morgan fingerprint density at radius 1 is 1.39 bits per heavy atom. The van der Waals surface area contributed by atoms with E-state index in [4.69, 9.17) is 4.74 Å². The van der Waals surface area contributed by atoms with Gasteiger partial charge in [-0.3, -0.25) is 9.59 Å². The van der Waals surface area contributed by atoms with Gasteiger partial charge in [0.2, 0.25) is 5.91 Å². The largest absolute Gasteiger partial charge is 0.494 e. The molecule has 0 saturated carbocycles. The summed E-state index contributed by atoms with van der Waals surface area (Å²) in [7, 11) is 3.24. The molecular weight excluding hydrogens is 299 g/mol. The number of carbonyl (C=O) groups is 2. The van der Waals surface area contributed by atoms with Crippen molar-refractivity contribution in [1.29, 1.82) is 0 Å². The molecule has 1 aliphatic rings. The summed E-state index contributed by atoms with van der Waals surface area (Å²) in [4.78, 5) is 26.3. The number of amides is 1. The number of nitrogens with zero attached hydrogens (tertiary/aromatic N) is 1. The average molecular weight is 322 g/mol. The molecule has 6 heteroatoms. The summed E-state index contributed by atoms with van der Waals surface area (Å²) in [6, 6.07) is 4.31. The van der Waals surface area contributed by atoms with Crippen LogP contribution in [0.25, 0.3) is 0 Å². The van der Waals surface area contributed by atoms with Crippen LogP contribution in [0, 0.1) is 5.82 Å². The van der Waals surface area contributed by atoms with E-state index < -0.39 is 5.82 Å². The van der Waals surface area contributed by atoms with Gasteiger partial charge in [-0.15, -0.1) is 0 Å². The van der Waals surface area contributed by atoms with Crippen LogP contribution in [0.15, 0.2) is 18.2 Å². The highest BCUT2D eigenvalue weighted by molar-refractivity contribution is 5.98. The molecule has 0 radical (unpaired) electrons. The van der Waals surface area contributed by atoms with E-state index in [9.17, 15) is 14.0 Å². The maximum atomic E-state index is 13.6. The first-order valence-electron chi connectivity index (χ1n) is 7.87. The monoisotopic (exact) mass is 322 g/mol. The van der Waals surface area contributed by atoms with Gasteiger partial charge in [-0.1, -0.05) is 0 Å². The van der Waals surface area contributed by atoms with Crippen LogP contribution in [0.5, 0.6) is 5.75 Å². The van der Waals surface area contributed by atoms with Crippen molar-refractivity contribution in [2.75, 3.05) is 27.2 Å². The van der Waals surface area contributed by atoms with Crippen molar-refractivity contribution < 1.29 is 18.7 Å². The van der Waals surface area contributed by atoms with Gasteiger partial charge in [0, 0.05) is 37.5 Å². The van der Waals surface area contributed by atoms with Crippen molar-refractivity contribution in [2.45, 2.75) is 31.7 Å². The number of Topliss-reactive ketones (excluding diaryl/α,β-unsaturated/α-hetero) is 1. The second-order valence-corrected chi connectivity index (χ2v) is 5.71. The molecule has 23 heavy (non-hydrogen) atoms. The molecule has 1 aromatic carbocycles. The minimum atomic E-state index is -0.571. The third-order valence-electron chi connectivity index (χ3n) is 4.18. The molecule has 0 aromatic heterocycles. The number of ether oxygens (including phenoxy) is 1. The van der Waals surface area contributed by atoms with E-state index in [1.54, 1.807) is 0 Å². The van der Waals surface area contributed by atoms with E-state index in [0.717, 1.165) is 32.0 Å². The zero-order valence-corrected chi connectivity index (χ0v) is 13.6. The number of halogens is 1. The van der Waals surface area contributed by atoms with E-state index in [-0.39, 0.29) is 41.9 Å². The molecule has 1 atom stereocenters. The molecule has 5 nitrogen and oxygen atoms in total. The van der Waals surface area contributed by atoms with E-state index >= 15 is 0 Å². The Morgan fingerprint density at radius 3 is 2.83 bits per heavy atom. The van der Waals surface area contributed by atoms with E-state index in [1.165, 1.54) is 19.2 Å². The highest BCUT2D eigenvalue weighted by Crippen LogP contribution is 2.21. The van der Waals surface area contributed by atoms with Crippen LogP contribution < -0.4 is 10.1 Å². The molecule has 0 bridgehead atoms. The maximum absolute atomic E-state index is 13.6. The summed E-state index contributed by atoms with van der Waals surface area (Å²) >= 11 is 0. The molecule has 1 amide bonds. The molecule has 1 aromatic rings. The molecule has 0 aliphatic carbocycles. The fourth-order valence-corrected chi connectivity index (χ4v) is 2.96. The van der Waals surface area contributed by atoms with Crippen LogP contribution in [0.4, 0.5) is 4.39 Å². The van der Waals surface area contributed by atoms with Crippen molar-refractivity contribution in [2.24, 2.45) is 0 Å². The van der Waals surface area contributed by atoms with Crippen LogP contribution in [0.1, 0.15) is 36.0 Å². The van der Waals surface area contributed by atoms with Crippen molar-refractivity contribution in [1.82, 2.24) is 10.2 Å². The second kappa shape index (κ2) is 8.06. The molecule has 1 unspecified atom stereocenters. The number of rotatable bonds is 7. The number of methoxy groups -OCH3 is 1. The first-order chi connectivity index (χ1) is 11.1. The van der Waals surface area contributed by atoms with Gasteiger partial charge in [0.25, 0.3) is 0 Å². The van der Waals surface area contributed by atoms with Crippen molar-refractivity contribution >= 4 is 11.7 Å². The zero-order valence-electron chi connectivity index (χ0n) is 13.6. The number of nitrogens with one attached hydrogen (secondary N) is 1. The Bertz CT molecular complexity index is 577. The first kappa shape index (κ1) is 17.4. The minimum Gasteiger partial charge on any atom is -0.494 e. The summed E-state index contributed by atoms with van der Waals surface area (Å²) in [5.74, 6) is -0.711. The topological polar surface area (TPSA) is 58.6 Å². The number of likely N-dealkylation sites (N-methyl/N-ethyl adjacent to an activating group) is 1. The van der Waals surface area contributed by atoms with Crippen molar-refractivity contribution in [3.63, 3.8) is 0 Å². The fraction of sp³-hybridized carbons (Fsp3) is 0.529. The second-order valence-electron chi connectivity index (χ2n) is 5.71. The van der Waals surface area contributed by atoms with Crippen molar-refractivity contribution in [3.8, 4) is 5.75 Å². The third kappa shape index (κ3) is 4.28. The highest BCUT2D eigenvalue weighted by Gasteiger charge is 2.28. The maximum Gasteiger partial charge on any atom is 0.223 e. The predicted octanol–water partition coefficient (Wildman–Crippen LogP) is 2.01. The summed E-state index contributed by atoms with van der Waals surface area (Å²) < 4.78 is 18.5. The first-order valence-corrected chi connectivity index (χ1v) is 7.87. The molecule has 0 spiro atoms. The van der Waals surface area contributed by atoms with Crippen LogP contribution in [-0.2, 0) is 4.79 Å². The summed E-state index contributed by atoms with van der Waals surface area (Å²) in [6.07, 6.45) is 2.24. The normalized spacial score (nSPS) is 17.3. The van der Waals surface area contributed by atoms with Gasteiger partial charge in [0.15, 0.2) is 17.3 Å². The van der Waals surface area contributed by atoms with Gasteiger partial charge in [-0.2, -0.15) is 0 Å². The lowest BCUT2D eigenvalue weighted by Crippen LogP contribution is -2.40. The Morgan fingerprint density at radius 2 is 2.17 bits per heavy atom.